The first-order valence-electron chi connectivity index (χ1n) is 8.03. The van der Waals surface area contributed by atoms with Crippen LogP contribution in [0.5, 0.6) is 17.2 Å². The maximum absolute atomic E-state index is 12.2. The second-order valence-corrected chi connectivity index (χ2v) is 6.94. The lowest BCUT2D eigenvalue weighted by atomic mass is 10.2. The van der Waals surface area contributed by atoms with E-state index in [4.69, 9.17) is 13.9 Å². The van der Waals surface area contributed by atoms with E-state index in [1.54, 1.807) is 24.3 Å². The minimum atomic E-state index is -2.84. The highest BCUT2D eigenvalue weighted by Crippen LogP contribution is 2.38. The van der Waals surface area contributed by atoms with Crippen molar-refractivity contribution in [3.63, 3.8) is 0 Å². The molecule has 0 saturated heterocycles. The molecule has 0 aliphatic carbocycles. The summed E-state index contributed by atoms with van der Waals surface area (Å²) in [4.78, 5) is 0. The molecule has 6 nitrogen and oxygen atoms in total. The third-order valence-electron chi connectivity index (χ3n) is 3.88. The first-order chi connectivity index (χ1) is 13.1. The lowest BCUT2D eigenvalue weighted by molar-refractivity contribution is -0.0498. The fourth-order valence-electron chi connectivity index (χ4n) is 2.54. The van der Waals surface area contributed by atoms with Crippen LogP contribution in [0.1, 0.15) is 17.7 Å². The van der Waals surface area contributed by atoms with Gasteiger partial charge in [-0.25, -0.2) is 0 Å². The Labute approximate surface area is 157 Å². The van der Waals surface area contributed by atoms with Gasteiger partial charge in [0, 0.05) is 10.8 Å². The van der Waals surface area contributed by atoms with Gasteiger partial charge in [-0.3, -0.25) is 0 Å². The van der Waals surface area contributed by atoms with Gasteiger partial charge in [0.2, 0.25) is 12.7 Å². The fourth-order valence-corrected chi connectivity index (χ4v) is 3.35. The second-order valence-electron chi connectivity index (χ2n) is 5.65. The number of hydrogen-bond acceptors (Lipinski definition) is 7. The number of fused-ring (bicyclic) bond motifs is 1. The number of hydrogen-bond donors (Lipinski definition) is 0. The molecule has 9 heteroatoms. The molecule has 1 aliphatic rings. The van der Waals surface area contributed by atoms with E-state index in [1.165, 1.54) is 23.9 Å². The minimum absolute atomic E-state index is 0.0179. The van der Waals surface area contributed by atoms with Crippen molar-refractivity contribution in [3.8, 4) is 28.7 Å². The lowest BCUT2D eigenvalue weighted by Crippen LogP contribution is -2.01. The molecule has 1 aromatic heterocycles. The number of thioether (sulfide) groups is 1. The number of rotatable bonds is 6. The van der Waals surface area contributed by atoms with Crippen molar-refractivity contribution in [1.82, 2.24) is 10.2 Å². The van der Waals surface area contributed by atoms with Gasteiger partial charge in [-0.1, -0.05) is 23.9 Å². The number of ether oxygens (including phenoxy) is 3. The Kier molecular flexibility index (Phi) is 4.85. The van der Waals surface area contributed by atoms with E-state index in [0.29, 0.717) is 22.6 Å². The maximum Gasteiger partial charge on any atom is 0.387 e. The Balaban J connectivity index is 1.44. The molecule has 27 heavy (non-hydrogen) atoms. The van der Waals surface area contributed by atoms with Gasteiger partial charge >= 0.3 is 6.61 Å². The van der Waals surface area contributed by atoms with Crippen molar-refractivity contribution < 1.29 is 27.4 Å². The second kappa shape index (κ2) is 7.43. The van der Waals surface area contributed by atoms with Crippen molar-refractivity contribution in [2.45, 2.75) is 24.0 Å². The smallest absolute Gasteiger partial charge is 0.387 e. The van der Waals surface area contributed by atoms with E-state index in [9.17, 15) is 8.78 Å². The van der Waals surface area contributed by atoms with Crippen molar-refractivity contribution in [2.75, 3.05) is 6.79 Å². The molecule has 1 unspecified atom stereocenters. The molecule has 0 fully saturated rings. The molecule has 3 aromatic rings. The maximum atomic E-state index is 12.2. The molecule has 1 aliphatic heterocycles. The van der Waals surface area contributed by atoms with Crippen LogP contribution in [0.3, 0.4) is 0 Å². The average molecular weight is 392 g/mol. The summed E-state index contributed by atoms with van der Waals surface area (Å²) in [5.74, 6) is 1.82. The van der Waals surface area contributed by atoms with Crippen LogP contribution in [0.2, 0.25) is 0 Å². The van der Waals surface area contributed by atoms with Crippen LogP contribution in [0.4, 0.5) is 8.78 Å². The molecule has 2 aromatic carbocycles. The third-order valence-corrected chi connectivity index (χ3v) is 4.87. The van der Waals surface area contributed by atoms with Crippen LogP contribution in [0.15, 0.2) is 52.1 Å². The van der Waals surface area contributed by atoms with Crippen LogP contribution >= 0.6 is 11.8 Å². The molecule has 4 rings (SSSR count). The quantitative estimate of drug-likeness (QED) is 0.552. The lowest BCUT2D eigenvalue weighted by Gasteiger charge is -2.10. The molecule has 0 bridgehead atoms. The Morgan fingerprint density at radius 1 is 1.04 bits per heavy atom. The van der Waals surface area contributed by atoms with Crippen LogP contribution < -0.4 is 14.2 Å². The summed E-state index contributed by atoms with van der Waals surface area (Å²) in [6.45, 7) is -0.684. The van der Waals surface area contributed by atoms with Gasteiger partial charge < -0.3 is 18.6 Å². The molecular weight excluding hydrogens is 378 g/mol. The van der Waals surface area contributed by atoms with Gasteiger partial charge in [-0.05, 0) is 42.8 Å². The van der Waals surface area contributed by atoms with Gasteiger partial charge in [0.15, 0.2) is 11.5 Å². The summed E-state index contributed by atoms with van der Waals surface area (Å²) in [6, 6.07) is 11.9. The number of aromatic nitrogens is 2. The van der Waals surface area contributed by atoms with Gasteiger partial charge in [-0.2, -0.15) is 8.78 Å². The van der Waals surface area contributed by atoms with E-state index in [2.05, 4.69) is 14.9 Å². The minimum Gasteiger partial charge on any atom is -0.454 e. The van der Waals surface area contributed by atoms with Crippen molar-refractivity contribution in [2.24, 2.45) is 0 Å². The van der Waals surface area contributed by atoms with Crippen LogP contribution in [-0.4, -0.2) is 23.6 Å². The van der Waals surface area contributed by atoms with E-state index in [0.717, 1.165) is 11.1 Å². The van der Waals surface area contributed by atoms with Gasteiger partial charge in [0.25, 0.3) is 5.22 Å². The number of halogens is 2. The van der Waals surface area contributed by atoms with Gasteiger partial charge in [-0.15, -0.1) is 10.2 Å². The van der Waals surface area contributed by atoms with Crippen molar-refractivity contribution in [1.29, 1.82) is 0 Å². The highest BCUT2D eigenvalue weighted by molar-refractivity contribution is 7.99. The average Bonchev–Trinajstić information content (AvgIpc) is 3.30. The third kappa shape index (κ3) is 3.97. The topological polar surface area (TPSA) is 66.6 Å². The van der Waals surface area contributed by atoms with Crippen molar-refractivity contribution >= 4 is 11.8 Å². The summed E-state index contributed by atoms with van der Waals surface area (Å²) in [6.07, 6.45) is 0. The zero-order valence-electron chi connectivity index (χ0n) is 14.1. The van der Waals surface area contributed by atoms with E-state index >= 15 is 0 Å². The molecule has 0 amide bonds. The molecule has 0 N–H and O–H groups in total. The van der Waals surface area contributed by atoms with Crippen LogP contribution in [-0.2, 0) is 0 Å². The largest absolute Gasteiger partial charge is 0.454 e. The predicted molar refractivity (Wildman–Crippen MR) is 93.2 cm³/mol. The van der Waals surface area contributed by atoms with E-state index in [-0.39, 0.29) is 17.8 Å². The first kappa shape index (κ1) is 17.6. The molecular formula is C18H14F2N2O4S. The van der Waals surface area contributed by atoms with E-state index in [1.807, 2.05) is 13.0 Å². The van der Waals surface area contributed by atoms with Crippen LogP contribution in [0, 0.1) is 0 Å². The van der Waals surface area contributed by atoms with Gasteiger partial charge in [0.1, 0.15) is 5.75 Å². The van der Waals surface area contributed by atoms with E-state index < -0.39 is 6.61 Å². The molecule has 0 radical (unpaired) electrons. The van der Waals surface area contributed by atoms with Crippen molar-refractivity contribution in [3.05, 3.63) is 48.0 Å². The standard InChI is InChI=1S/C18H14F2N2O4S/c1-10(11-2-5-13(6-3-11)25-17(19)20)27-18-22-21-16(26-18)12-4-7-14-15(8-12)24-9-23-14/h2-8,10,17H,9H2,1H3. The van der Waals surface area contributed by atoms with Crippen LogP contribution in [0.25, 0.3) is 11.5 Å². The zero-order valence-corrected chi connectivity index (χ0v) is 14.9. The Bertz CT molecular complexity index is 933. The summed E-state index contributed by atoms with van der Waals surface area (Å²) in [5.41, 5.74) is 1.66. The zero-order chi connectivity index (χ0) is 18.8. The number of alkyl halides is 2. The molecule has 1 atom stereocenters. The summed E-state index contributed by atoms with van der Waals surface area (Å²) in [7, 11) is 0. The highest BCUT2D eigenvalue weighted by Gasteiger charge is 2.18. The normalized spacial score (nSPS) is 13.8. The summed E-state index contributed by atoms with van der Waals surface area (Å²) in [5, 5.41) is 8.51. The Morgan fingerprint density at radius 2 is 1.81 bits per heavy atom. The molecule has 0 saturated carbocycles. The predicted octanol–water partition coefficient (Wildman–Crippen LogP) is 4.92. The fraction of sp³-hybridized carbons (Fsp3) is 0.222. The Morgan fingerprint density at radius 3 is 2.59 bits per heavy atom. The molecule has 140 valence electrons. The molecule has 2 heterocycles. The first-order valence-corrected chi connectivity index (χ1v) is 8.91. The molecule has 0 spiro atoms. The SMILES string of the molecule is CC(Sc1nnc(-c2ccc3c(c2)OCO3)o1)c1ccc(OC(F)F)cc1. The number of benzene rings is 2. The van der Waals surface area contributed by atoms with Gasteiger partial charge in [0.05, 0.1) is 0 Å². The Hall–Kier alpha value is -2.81. The number of nitrogens with zero attached hydrogens (tertiary/aromatic N) is 2. The monoisotopic (exact) mass is 392 g/mol. The summed E-state index contributed by atoms with van der Waals surface area (Å²) < 4.78 is 45.1. The summed E-state index contributed by atoms with van der Waals surface area (Å²) >= 11 is 1.37. The highest BCUT2D eigenvalue weighted by atomic mass is 32.2.